The molecule has 0 heterocycles. The number of halogens is 1. The van der Waals surface area contributed by atoms with E-state index in [9.17, 15) is 9.18 Å². The Bertz CT molecular complexity index is 572. The zero-order valence-corrected chi connectivity index (χ0v) is 10.0. The number of hydrogen-bond acceptors (Lipinski definition) is 3. The maximum absolute atomic E-state index is 13.5. The van der Waals surface area contributed by atoms with Crippen LogP contribution in [0.5, 0.6) is 11.5 Å². The summed E-state index contributed by atoms with van der Waals surface area (Å²) in [6.07, 6.45) is -1.06. The van der Waals surface area contributed by atoms with Gasteiger partial charge < -0.3 is 15.2 Å². The molecule has 19 heavy (non-hydrogen) atoms. The highest BCUT2D eigenvalue weighted by Gasteiger charge is 2.08. The molecule has 0 fully saturated rings. The Hall–Kier alpha value is -2.56. The number of benzene rings is 2. The maximum Gasteiger partial charge on any atom is 0.410 e. The van der Waals surface area contributed by atoms with Crippen molar-refractivity contribution in [2.24, 2.45) is 5.73 Å². The lowest BCUT2D eigenvalue weighted by atomic mass is 10.2. The van der Waals surface area contributed by atoms with Crippen molar-refractivity contribution in [2.75, 3.05) is 0 Å². The predicted octanol–water partition coefficient (Wildman–Crippen LogP) is 2.86. The fourth-order valence-corrected chi connectivity index (χ4v) is 1.50. The van der Waals surface area contributed by atoms with Crippen molar-refractivity contribution in [3.05, 3.63) is 59.9 Å². The SMILES string of the molecule is NC(=O)Oc1ccc(OCc2ccccc2)cc1F. The summed E-state index contributed by atoms with van der Waals surface area (Å²) in [7, 11) is 0. The van der Waals surface area contributed by atoms with Crippen LogP contribution in [-0.2, 0) is 6.61 Å². The molecule has 0 atom stereocenters. The van der Waals surface area contributed by atoms with Gasteiger partial charge in [0, 0.05) is 6.07 Å². The first-order valence-electron chi connectivity index (χ1n) is 5.59. The Morgan fingerprint density at radius 1 is 1.16 bits per heavy atom. The van der Waals surface area contributed by atoms with E-state index < -0.39 is 11.9 Å². The molecule has 0 aliphatic carbocycles. The van der Waals surface area contributed by atoms with Crippen LogP contribution in [0.3, 0.4) is 0 Å². The topological polar surface area (TPSA) is 61.6 Å². The molecule has 0 unspecified atom stereocenters. The molecule has 2 N–H and O–H groups in total. The number of nitrogens with two attached hydrogens (primary N) is 1. The minimum Gasteiger partial charge on any atom is -0.489 e. The third-order valence-corrected chi connectivity index (χ3v) is 2.36. The molecule has 98 valence electrons. The van der Waals surface area contributed by atoms with Crippen LogP contribution < -0.4 is 15.2 Å². The summed E-state index contributed by atoms with van der Waals surface area (Å²) in [6, 6.07) is 13.4. The number of hydrogen-bond donors (Lipinski definition) is 1. The molecule has 0 radical (unpaired) electrons. The zero-order valence-electron chi connectivity index (χ0n) is 10.0. The van der Waals surface area contributed by atoms with Crippen molar-refractivity contribution < 1.29 is 18.7 Å². The van der Waals surface area contributed by atoms with Gasteiger partial charge in [-0.2, -0.15) is 0 Å². The Morgan fingerprint density at radius 3 is 2.53 bits per heavy atom. The van der Waals surface area contributed by atoms with E-state index in [0.29, 0.717) is 12.4 Å². The minimum atomic E-state index is -1.06. The first-order chi connectivity index (χ1) is 9.15. The molecule has 0 spiro atoms. The van der Waals surface area contributed by atoms with E-state index in [1.165, 1.54) is 12.1 Å². The lowest BCUT2D eigenvalue weighted by molar-refractivity contribution is 0.208. The van der Waals surface area contributed by atoms with Gasteiger partial charge in [0.1, 0.15) is 12.4 Å². The summed E-state index contributed by atoms with van der Waals surface area (Å²) < 4.78 is 23.4. The monoisotopic (exact) mass is 261 g/mol. The average Bonchev–Trinajstić information content (AvgIpc) is 2.40. The fraction of sp³-hybridized carbons (Fsp3) is 0.0714. The number of carbonyl (C=O) groups excluding carboxylic acids is 1. The molecular weight excluding hydrogens is 249 g/mol. The van der Waals surface area contributed by atoms with Crippen LogP contribution in [0.15, 0.2) is 48.5 Å². The predicted molar refractivity (Wildman–Crippen MR) is 67.4 cm³/mol. The van der Waals surface area contributed by atoms with Crippen molar-refractivity contribution >= 4 is 6.09 Å². The molecule has 0 aliphatic heterocycles. The van der Waals surface area contributed by atoms with Gasteiger partial charge in [0.05, 0.1) is 0 Å². The Labute approximate surface area is 109 Å². The molecule has 1 amide bonds. The number of primary amides is 1. The van der Waals surface area contributed by atoms with Crippen LogP contribution in [0, 0.1) is 5.82 Å². The number of carbonyl (C=O) groups is 1. The van der Waals surface area contributed by atoms with E-state index in [1.807, 2.05) is 30.3 Å². The molecule has 4 nitrogen and oxygen atoms in total. The number of ether oxygens (including phenoxy) is 2. The van der Waals surface area contributed by atoms with Gasteiger partial charge in [0.15, 0.2) is 11.6 Å². The molecule has 0 bridgehead atoms. The lowest BCUT2D eigenvalue weighted by Gasteiger charge is -2.08. The summed E-state index contributed by atoms with van der Waals surface area (Å²) in [5.74, 6) is -0.581. The molecule has 5 heteroatoms. The second-order valence-electron chi connectivity index (χ2n) is 3.79. The van der Waals surface area contributed by atoms with Crippen LogP contribution in [-0.4, -0.2) is 6.09 Å². The van der Waals surface area contributed by atoms with Gasteiger partial charge in [-0.05, 0) is 17.7 Å². The average molecular weight is 261 g/mol. The summed E-state index contributed by atoms with van der Waals surface area (Å²) >= 11 is 0. The highest BCUT2D eigenvalue weighted by atomic mass is 19.1. The highest BCUT2D eigenvalue weighted by Crippen LogP contribution is 2.23. The molecule has 0 aromatic heterocycles. The van der Waals surface area contributed by atoms with Gasteiger partial charge >= 0.3 is 6.09 Å². The van der Waals surface area contributed by atoms with E-state index in [1.54, 1.807) is 0 Å². The second kappa shape index (κ2) is 5.86. The van der Waals surface area contributed by atoms with Gasteiger partial charge in [-0.25, -0.2) is 9.18 Å². The van der Waals surface area contributed by atoms with Crippen LogP contribution in [0.4, 0.5) is 9.18 Å². The van der Waals surface area contributed by atoms with Crippen molar-refractivity contribution in [1.29, 1.82) is 0 Å². The minimum absolute atomic E-state index is 0.223. The third-order valence-electron chi connectivity index (χ3n) is 2.36. The Kier molecular flexibility index (Phi) is 3.97. The summed E-state index contributed by atoms with van der Waals surface area (Å²) in [4.78, 5) is 10.5. The van der Waals surface area contributed by atoms with E-state index in [0.717, 1.165) is 11.6 Å². The second-order valence-corrected chi connectivity index (χ2v) is 3.79. The molecular formula is C14H12FNO3. The van der Waals surface area contributed by atoms with Crippen molar-refractivity contribution in [2.45, 2.75) is 6.61 Å². The third kappa shape index (κ3) is 3.70. The largest absolute Gasteiger partial charge is 0.489 e. The van der Waals surface area contributed by atoms with Gasteiger partial charge in [-0.3, -0.25) is 0 Å². The van der Waals surface area contributed by atoms with Gasteiger partial charge in [-0.1, -0.05) is 30.3 Å². The maximum atomic E-state index is 13.5. The molecule has 0 saturated heterocycles. The quantitative estimate of drug-likeness (QED) is 0.920. The van der Waals surface area contributed by atoms with Crippen LogP contribution >= 0.6 is 0 Å². The van der Waals surface area contributed by atoms with Crippen LogP contribution in [0.2, 0.25) is 0 Å². The van der Waals surface area contributed by atoms with E-state index >= 15 is 0 Å². The van der Waals surface area contributed by atoms with Crippen LogP contribution in [0.25, 0.3) is 0 Å². The van der Waals surface area contributed by atoms with E-state index in [4.69, 9.17) is 10.5 Å². The Morgan fingerprint density at radius 2 is 1.89 bits per heavy atom. The summed E-state index contributed by atoms with van der Waals surface area (Å²) in [5.41, 5.74) is 5.78. The zero-order chi connectivity index (χ0) is 13.7. The normalized spacial score (nSPS) is 9.95. The smallest absolute Gasteiger partial charge is 0.410 e. The summed E-state index contributed by atoms with van der Waals surface area (Å²) in [6.45, 7) is 0.330. The molecule has 0 saturated carbocycles. The fourth-order valence-electron chi connectivity index (χ4n) is 1.50. The van der Waals surface area contributed by atoms with E-state index in [2.05, 4.69) is 4.74 Å². The van der Waals surface area contributed by atoms with Crippen molar-refractivity contribution in [3.8, 4) is 11.5 Å². The molecule has 2 rings (SSSR count). The van der Waals surface area contributed by atoms with Gasteiger partial charge in [0.25, 0.3) is 0 Å². The van der Waals surface area contributed by atoms with E-state index in [-0.39, 0.29) is 5.75 Å². The van der Waals surface area contributed by atoms with Crippen molar-refractivity contribution in [1.82, 2.24) is 0 Å². The Balaban J connectivity index is 2.02. The lowest BCUT2D eigenvalue weighted by Crippen LogP contribution is -2.16. The first-order valence-corrected chi connectivity index (χ1v) is 5.59. The molecule has 2 aromatic rings. The number of amides is 1. The highest BCUT2D eigenvalue weighted by molar-refractivity contribution is 5.68. The molecule has 2 aromatic carbocycles. The first kappa shape index (κ1) is 12.9. The van der Waals surface area contributed by atoms with Crippen LogP contribution in [0.1, 0.15) is 5.56 Å². The van der Waals surface area contributed by atoms with Gasteiger partial charge in [-0.15, -0.1) is 0 Å². The molecule has 0 aliphatic rings. The summed E-state index contributed by atoms with van der Waals surface area (Å²) in [5, 5.41) is 0. The number of rotatable bonds is 4. The van der Waals surface area contributed by atoms with Crippen molar-refractivity contribution in [3.63, 3.8) is 0 Å². The van der Waals surface area contributed by atoms with Gasteiger partial charge in [0.2, 0.25) is 0 Å². The standard InChI is InChI=1S/C14H12FNO3/c15-12-8-11(6-7-13(12)19-14(16)17)18-9-10-4-2-1-3-5-10/h1-8H,9H2,(H2,16,17).